The first kappa shape index (κ1) is 14.5. The van der Waals surface area contributed by atoms with Crippen LogP contribution in [0.2, 0.25) is 0 Å². The van der Waals surface area contributed by atoms with E-state index in [1.165, 1.54) is 37.7 Å². The number of hydrogen-bond acceptors (Lipinski definition) is 2. The van der Waals surface area contributed by atoms with Gasteiger partial charge in [0, 0.05) is 5.54 Å². The first-order valence-electron chi connectivity index (χ1n) is 7.74. The van der Waals surface area contributed by atoms with Crippen LogP contribution in [0.3, 0.4) is 0 Å². The number of aryl methyl sites for hydroxylation is 1. The summed E-state index contributed by atoms with van der Waals surface area (Å²) in [5.41, 5.74) is 1.46. The van der Waals surface area contributed by atoms with Crippen molar-refractivity contribution in [1.29, 1.82) is 0 Å². The highest BCUT2D eigenvalue weighted by molar-refractivity contribution is 5.14. The average molecular weight is 261 g/mol. The Morgan fingerprint density at radius 2 is 1.74 bits per heavy atom. The molecule has 0 amide bonds. The molecular weight excluding hydrogens is 234 g/mol. The number of unbranched alkanes of at least 4 members (excludes halogenated alkanes) is 1. The van der Waals surface area contributed by atoms with Crippen LogP contribution in [0.25, 0.3) is 0 Å². The highest BCUT2D eigenvalue weighted by Crippen LogP contribution is 2.27. The number of benzene rings is 1. The Morgan fingerprint density at radius 1 is 1.00 bits per heavy atom. The fourth-order valence-corrected chi connectivity index (χ4v) is 3.07. The lowest BCUT2D eigenvalue weighted by atomic mass is 9.82. The lowest BCUT2D eigenvalue weighted by Gasteiger charge is -2.36. The third-order valence-electron chi connectivity index (χ3n) is 4.35. The van der Waals surface area contributed by atoms with Gasteiger partial charge in [-0.3, -0.25) is 0 Å². The van der Waals surface area contributed by atoms with Gasteiger partial charge in [0.1, 0.15) is 0 Å². The SMILES string of the molecule is OCC1(NCCCCc2ccccc2)CCCCC1. The van der Waals surface area contributed by atoms with E-state index in [2.05, 4.69) is 35.6 Å². The lowest BCUT2D eigenvalue weighted by Crippen LogP contribution is -2.50. The van der Waals surface area contributed by atoms with Gasteiger partial charge in [-0.05, 0) is 44.2 Å². The van der Waals surface area contributed by atoms with Crippen LogP contribution in [0.15, 0.2) is 30.3 Å². The minimum Gasteiger partial charge on any atom is -0.394 e. The molecule has 2 rings (SSSR count). The van der Waals surface area contributed by atoms with Gasteiger partial charge >= 0.3 is 0 Å². The summed E-state index contributed by atoms with van der Waals surface area (Å²) in [4.78, 5) is 0. The second-order valence-electron chi connectivity index (χ2n) is 5.87. The molecule has 0 radical (unpaired) electrons. The van der Waals surface area contributed by atoms with Gasteiger partial charge in [-0.2, -0.15) is 0 Å². The van der Waals surface area contributed by atoms with Crippen molar-refractivity contribution in [1.82, 2.24) is 5.32 Å². The van der Waals surface area contributed by atoms with Crippen molar-refractivity contribution in [3.8, 4) is 0 Å². The van der Waals surface area contributed by atoms with Gasteiger partial charge in [-0.25, -0.2) is 0 Å². The van der Waals surface area contributed by atoms with E-state index < -0.39 is 0 Å². The van der Waals surface area contributed by atoms with Gasteiger partial charge in [0.15, 0.2) is 0 Å². The zero-order valence-electron chi connectivity index (χ0n) is 11.9. The Hall–Kier alpha value is -0.860. The Kier molecular flexibility index (Phi) is 5.87. The Balaban J connectivity index is 1.63. The molecule has 1 aromatic rings. The van der Waals surface area contributed by atoms with Gasteiger partial charge in [0.05, 0.1) is 6.61 Å². The van der Waals surface area contributed by atoms with Gasteiger partial charge in [0.2, 0.25) is 0 Å². The minimum absolute atomic E-state index is 0.0327. The van der Waals surface area contributed by atoms with Crippen LogP contribution in [0.1, 0.15) is 50.5 Å². The summed E-state index contributed by atoms with van der Waals surface area (Å²) >= 11 is 0. The van der Waals surface area contributed by atoms with Crippen LogP contribution >= 0.6 is 0 Å². The fraction of sp³-hybridized carbons (Fsp3) is 0.647. The van der Waals surface area contributed by atoms with E-state index in [1.807, 2.05) is 0 Å². The molecule has 0 heterocycles. The van der Waals surface area contributed by atoms with Crippen molar-refractivity contribution in [3.63, 3.8) is 0 Å². The van der Waals surface area contributed by atoms with Crippen LogP contribution in [0, 0.1) is 0 Å². The van der Waals surface area contributed by atoms with Gasteiger partial charge in [0.25, 0.3) is 0 Å². The zero-order chi connectivity index (χ0) is 13.4. The van der Waals surface area contributed by atoms with E-state index in [9.17, 15) is 5.11 Å². The van der Waals surface area contributed by atoms with Gasteiger partial charge < -0.3 is 10.4 Å². The molecule has 19 heavy (non-hydrogen) atoms. The summed E-state index contributed by atoms with van der Waals surface area (Å²) in [5.74, 6) is 0. The molecular formula is C17H27NO. The summed E-state index contributed by atoms with van der Waals surface area (Å²) in [6.07, 6.45) is 9.71. The van der Waals surface area contributed by atoms with Crippen molar-refractivity contribution in [2.75, 3.05) is 13.2 Å². The standard InChI is InChI=1S/C17H27NO/c19-15-17(12-6-2-7-13-17)18-14-8-5-11-16-9-3-1-4-10-16/h1,3-4,9-10,18-19H,2,5-8,11-15H2. The predicted octanol–water partition coefficient (Wildman–Crippen LogP) is 3.29. The molecule has 0 saturated heterocycles. The van der Waals surface area contributed by atoms with Crippen molar-refractivity contribution < 1.29 is 5.11 Å². The molecule has 2 nitrogen and oxygen atoms in total. The number of nitrogens with one attached hydrogen (secondary N) is 1. The van der Waals surface area contributed by atoms with E-state index in [0.29, 0.717) is 6.61 Å². The van der Waals surface area contributed by atoms with Gasteiger partial charge in [-0.15, -0.1) is 0 Å². The summed E-state index contributed by atoms with van der Waals surface area (Å²) in [6, 6.07) is 10.7. The topological polar surface area (TPSA) is 32.3 Å². The lowest BCUT2D eigenvalue weighted by molar-refractivity contribution is 0.121. The molecule has 0 aromatic heterocycles. The Labute approximate surface area is 117 Å². The zero-order valence-corrected chi connectivity index (χ0v) is 11.9. The third kappa shape index (κ3) is 4.63. The quantitative estimate of drug-likeness (QED) is 0.738. The number of hydrogen-bond donors (Lipinski definition) is 2. The largest absolute Gasteiger partial charge is 0.394 e. The number of rotatable bonds is 7. The maximum atomic E-state index is 9.61. The molecule has 1 aliphatic rings. The molecule has 0 spiro atoms. The maximum Gasteiger partial charge on any atom is 0.0613 e. The molecule has 1 aromatic carbocycles. The predicted molar refractivity (Wildman–Crippen MR) is 80.3 cm³/mol. The van der Waals surface area contributed by atoms with E-state index in [1.54, 1.807) is 0 Å². The van der Waals surface area contributed by atoms with E-state index in [4.69, 9.17) is 0 Å². The summed E-state index contributed by atoms with van der Waals surface area (Å²) in [5, 5.41) is 13.2. The van der Waals surface area contributed by atoms with Crippen molar-refractivity contribution in [3.05, 3.63) is 35.9 Å². The molecule has 2 N–H and O–H groups in total. The van der Waals surface area contributed by atoms with Crippen LogP contribution < -0.4 is 5.32 Å². The normalized spacial score (nSPS) is 18.4. The Bertz CT molecular complexity index is 344. The van der Waals surface area contributed by atoms with E-state index in [-0.39, 0.29) is 5.54 Å². The summed E-state index contributed by atoms with van der Waals surface area (Å²) in [7, 11) is 0. The van der Waals surface area contributed by atoms with Crippen LogP contribution in [-0.2, 0) is 6.42 Å². The third-order valence-corrected chi connectivity index (χ3v) is 4.35. The minimum atomic E-state index is 0.0327. The molecule has 1 aliphatic carbocycles. The molecule has 1 saturated carbocycles. The molecule has 0 atom stereocenters. The van der Waals surface area contributed by atoms with Crippen LogP contribution in [0.5, 0.6) is 0 Å². The number of aliphatic hydroxyl groups excluding tert-OH is 1. The van der Waals surface area contributed by atoms with Crippen molar-refractivity contribution in [2.45, 2.75) is 56.9 Å². The molecule has 2 heteroatoms. The van der Waals surface area contributed by atoms with Crippen LogP contribution in [-0.4, -0.2) is 23.8 Å². The smallest absolute Gasteiger partial charge is 0.0613 e. The molecule has 1 fully saturated rings. The molecule has 0 unspecified atom stereocenters. The summed E-state index contributed by atoms with van der Waals surface area (Å²) in [6.45, 7) is 1.33. The van der Waals surface area contributed by atoms with E-state index in [0.717, 1.165) is 25.8 Å². The average Bonchev–Trinajstić information content (AvgIpc) is 2.49. The molecule has 106 valence electrons. The number of aliphatic hydroxyl groups is 1. The molecule has 0 bridgehead atoms. The van der Waals surface area contributed by atoms with Crippen LogP contribution in [0.4, 0.5) is 0 Å². The Morgan fingerprint density at radius 3 is 2.42 bits per heavy atom. The second kappa shape index (κ2) is 7.66. The first-order chi connectivity index (χ1) is 9.35. The van der Waals surface area contributed by atoms with E-state index >= 15 is 0 Å². The van der Waals surface area contributed by atoms with Crippen molar-refractivity contribution in [2.24, 2.45) is 0 Å². The monoisotopic (exact) mass is 261 g/mol. The fourth-order valence-electron chi connectivity index (χ4n) is 3.07. The second-order valence-corrected chi connectivity index (χ2v) is 5.87. The maximum absolute atomic E-state index is 9.61. The van der Waals surface area contributed by atoms with Gasteiger partial charge in [-0.1, -0.05) is 49.6 Å². The highest BCUT2D eigenvalue weighted by atomic mass is 16.3. The summed E-state index contributed by atoms with van der Waals surface area (Å²) < 4.78 is 0. The molecule has 0 aliphatic heterocycles. The van der Waals surface area contributed by atoms with Crippen molar-refractivity contribution >= 4 is 0 Å². The highest BCUT2D eigenvalue weighted by Gasteiger charge is 2.30. The first-order valence-corrected chi connectivity index (χ1v) is 7.74.